The number of fused-ring (bicyclic) bond motifs is 1. The third-order valence-electron chi connectivity index (χ3n) is 3.58. The van der Waals surface area contributed by atoms with Crippen LogP contribution in [0.1, 0.15) is 22.8 Å². The summed E-state index contributed by atoms with van der Waals surface area (Å²) in [7, 11) is 0. The van der Waals surface area contributed by atoms with Crippen LogP contribution in [0.25, 0.3) is 0 Å². The summed E-state index contributed by atoms with van der Waals surface area (Å²) in [4.78, 5) is 13.9. The number of carbonyl (C=O) groups excluding carboxylic acids is 1. The Labute approximate surface area is 139 Å². The van der Waals surface area contributed by atoms with Gasteiger partial charge in [-0.2, -0.15) is 0 Å². The molecule has 1 heterocycles. The minimum Gasteiger partial charge on any atom is -0.489 e. The predicted octanol–water partition coefficient (Wildman–Crippen LogP) is 4.16. The molecule has 1 aliphatic heterocycles. The average molecular weight is 330 g/mol. The van der Waals surface area contributed by atoms with Gasteiger partial charge in [-0.3, -0.25) is 9.69 Å². The zero-order valence-electron chi connectivity index (χ0n) is 12.7. The monoisotopic (exact) mass is 329 g/mol. The first-order chi connectivity index (χ1) is 11.2. The molecule has 2 aromatic carbocycles. The highest BCUT2D eigenvalue weighted by molar-refractivity contribution is 6.19. The highest BCUT2D eigenvalue weighted by Crippen LogP contribution is 2.30. The number of rotatable bonds is 4. The zero-order chi connectivity index (χ0) is 16.2. The molecule has 0 atom stereocenters. The van der Waals surface area contributed by atoms with Crippen molar-refractivity contribution < 1.29 is 14.3 Å². The number of carbonyl (C=O) groups is 1. The van der Waals surface area contributed by atoms with Crippen LogP contribution < -0.4 is 9.47 Å². The second-order valence-corrected chi connectivity index (χ2v) is 5.40. The maximum absolute atomic E-state index is 12.4. The van der Waals surface area contributed by atoms with Crippen molar-refractivity contribution in [1.29, 1.82) is 0 Å². The molecule has 0 aromatic heterocycles. The molecule has 0 spiro atoms. The summed E-state index contributed by atoms with van der Waals surface area (Å²) in [6.07, 6.45) is 1.52. The average Bonchev–Trinajstić information content (AvgIpc) is 2.70. The molecule has 5 heteroatoms. The van der Waals surface area contributed by atoms with Crippen molar-refractivity contribution in [2.45, 2.75) is 13.5 Å². The third kappa shape index (κ3) is 3.32. The molecule has 4 nitrogen and oxygen atoms in total. The molecular weight excluding hydrogens is 314 g/mol. The van der Waals surface area contributed by atoms with E-state index in [-0.39, 0.29) is 11.9 Å². The van der Waals surface area contributed by atoms with Crippen LogP contribution in [0.4, 0.5) is 0 Å². The summed E-state index contributed by atoms with van der Waals surface area (Å²) in [5.74, 6) is 0.925. The number of halogens is 1. The molecule has 23 heavy (non-hydrogen) atoms. The molecule has 0 bridgehead atoms. The van der Waals surface area contributed by atoms with Crippen molar-refractivity contribution in [3.63, 3.8) is 0 Å². The fraction of sp³-hybridized carbons (Fsp3) is 0.167. The van der Waals surface area contributed by atoms with Crippen LogP contribution in [0.2, 0.25) is 0 Å². The Morgan fingerprint density at radius 1 is 1.17 bits per heavy atom. The van der Waals surface area contributed by atoms with Crippen molar-refractivity contribution >= 4 is 17.5 Å². The van der Waals surface area contributed by atoms with Crippen LogP contribution in [0.3, 0.4) is 0 Å². The van der Waals surface area contributed by atoms with Gasteiger partial charge in [0, 0.05) is 6.07 Å². The van der Waals surface area contributed by atoms with E-state index in [1.54, 1.807) is 25.1 Å². The lowest BCUT2D eigenvalue weighted by molar-refractivity contribution is 0.0830. The lowest BCUT2D eigenvalue weighted by atomic mass is 10.1. The van der Waals surface area contributed by atoms with Gasteiger partial charge in [0.05, 0.1) is 11.3 Å². The fourth-order valence-electron chi connectivity index (χ4n) is 2.27. The Morgan fingerprint density at radius 2 is 1.96 bits per heavy atom. The van der Waals surface area contributed by atoms with Gasteiger partial charge in [-0.15, -0.1) is 11.6 Å². The van der Waals surface area contributed by atoms with Gasteiger partial charge in [-0.25, -0.2) is 0 Å². The highest BCUT2D eigenvalue weighted by atomic mass is 35.5. The molecule has 0 saturated carbocycles. The van der Waals surface area contributed by atoms with Crippen LogP contribution in [0.15, 0.2) is 60.5 Å². The molecule has 0 unspecified atom stereocenters. The minimum absolute atomic E-state index is 0.0796. The quantitative estimate of drug-likeness (QED) is 0.624. The fourth-order valence-corrected chi connectivity index (χ4v) is 2.57. The number of ether oxygens (including phenoxy) is 2. The summed E-state index contributed by atoms with van der Waals surface area (Å²) in [5.41, 5.74) is 2.20. The van der Waals surface area contributed by atoms with Crippen molar-refractivity contribution in [3.05, 3.63) is 71.6 Å². The lowest BCUT2D eigenvalue weighted by Crippen LogP contribution is -2.27. The van der Waals surface area contributed by atoms with Gasteiger partial charge in [0.25, 0.3) is 5.91 Å². The van der Waals surface area contributed by atoms with E-state index in [2.05, 4.69) is 0 Å². The summed E-state index contributed by atoms with van der Waals surface area (Å²) in [6, 6.07) is 15.1. The van der Waals surface area contributed by atoms with E-state index in [0.717, 1.165) is 5.56 Å². The summed E-state index contributed by atoms with van der Waals surface area (Å²) < 4.78 is 11.4. The maximum atomic E-state index is 12.4. The van der Waals surface area contributed by atoms with Crippen LogP contribution in [-0.2, 0) is 6.61 Å². The van der Waals surface area contributed by atoms with Crippen molar-refractivity contribution in [3.8, 4) is 11.5 Å². The van der Waals surface area contributed by atoms with Crippen LogP contribution in [0, 0.1) is 0 Å². The largest absolute Gasteiger partial charge is 0.489 e. The molecule has 0 saturated heterocycles. The van der Waals surface area contributed by atoms with Crippen molar-refractivity contribution in [2.24, 2.45) is 0 Å². The number of amides is 1. The molecule has 0 N–H and O–H groups in total. The molecule has 3 rings (SSSR count). The summed E-state index contributed by atoms with van der Waals surface area (Å²) in [6.45, 7) is 2.23. The normalized spacial score (nSPS) is 13.7. The van der Waals surface area contributed by atoms with Gasteiger partial charge in [-0.1, -0.05) is 30.3 Å². The Kier molecular flexibility index (Phi) is 4.53. The van der Waals surface area contributed by atoms with Crippen LogP contribution >= 0.6 is 11.6 Å². The second-order valence-electron chi connectivity index (χ2n) is 5.16. The first kappa shape index (κ1) is 15.4. The topological polar surface area (TPSA) is 38.8 Å². The van der Waals surface area contributed by atoms with E-state index < -0.39 is 0 Å². The Morgan fingerprint density at radius 3 is 2.70 bits per heavy atom. The Hall–Kier alpha value is -2.46. The van der Waals surface area contributed by atoms with Gasteiger partial charge < -0.3 is 9.47 Å². The number of nitrogens with zero attached hydrogens (tertiary/aromatic N) is 1. The standard InChI is InChI=1S/C18H16ClNO3/c1-13-10-23-17-9-15(22-11-14-5-3-2-4-6-14)7-8-16(17)18(21)20(13)12-19/h2-10H,11-12H2,1H3. The van der Waals surface area contributed by atoms with Gasteiger partial charge >= 0.3 is 0 Å². The minimum atomic E-state index is -0.184. The molecule has 0 aliphatic carbocycles. The first-order valence-electron chi connectivity index (χ1n) is 7.21. The second kappa shape index (κ2) is 6.75. The number of hydrogen-bond acceptors (Lipinski definition) is 3. The van der Waals surface area contributed by atoms with E-state index in [9.17, 15) is 4.79 Å². The SMILES string of the molecule is CC1=COc2cc(OCc3ccccc3)ccc2C(=O)N1CCl. The number of allylic oxidation sites excluding steroid dienone is 1. The summed E-state index contributed by atoms with van der Waals surface area (Å²) >= 11 is 5.84. The smallest absolute Gasteiger partial charge is 0.262 e. The molecular formula is C18H16ClNO3. The van der Waals surface area contributed by atoms with Gasteiger partial charge in [0.15, 0.2) is 0 Å². The highest BCUT2D eigenvalue weighted by Gasteiger charge is 2.24. The molecule has 1 amide bonds. The number of benzene rings is 2. The van der Waals surface area contributed by atoms with Crippen LogP contribution in [-0.4, -0.2) is 16.8 Å². The maximum Gasteiger partial charge on any atom is 0.262 e. The van der Waals surface area contributed by atoms with Crippen LogP contribution in [0.5, 0.6) is 11.5 Å². The van der Waals surface area contributed by atoms with E-state index in [1.807, 2.05) is 30.3 Å². The van der Waals surface area contributed by atoms with Crippen molar-refractivity contribution in [2.75, 3.05) is 6.00 Å². The van der Waals surface area contributed by atoms with E-state index in [4.69, 9.17) is 21.1 Å². The molecule has 2 aromatic rings. The third-order valence-corrected chi connectivity index (χ3v) is 3.82. The predicted molar refractivity (Wildman–Crippen MR) is 88.5 cm³/mol. The zero-order valence-corrected chi connectivity index (χ0v) is 13.4. The number of alkyl halides is 1. The molecule has 1 aliphatic rings. The summed E-state index contributed by atoms with van der Waals surface area (Å²) in [5, 5.41) is 0. The van der Waals surface area contributed by atoms with Gasteiger partial charge in [0.1, 0.15) is 30.4 Å². The molecule has 0 fully saturated rings. The Bertz CT molecular complexity index is 743. The van der Waals surface area contributed by atoms with Gasteiger partial charge in [0.2, 0.25) is 0 Å². The van der Waals surface area contributed by atoms with E-state index >= 15 is 0 Å². The first-order valence-corrected chi connectivity index (χ1v) is 7.74. The molecule has 0 radical (unpaired) electrons. The molecule has 118 valence electrons. The number of hydrogen-bond donors (Lipinski definition) is 0. The lowest BCUT2D eigenvalue weighted by Gasteiger charge is -2.17. The van der Waals surface area contributed by atoms with E-state index in [0.29, 0.717) is 29.4 Å². The van der Waals surface area contributed by atoms with E-state index in [1.165, 1.54) is 11.2 Å². The Balaban J connectivity index is 1.81. The van der Waals surface area contributed by atoms with Gasteiger partial charge in [-0.05, 0) is 24.6 Å². The van der Waals surface area contributed by atoms with Crippen molar-refractivity contribution in [1.82, 2.24) is 4.90 Å².